The quantitative estimate of drug-likeness (QED) is 0.126. The van der Waals surface area contributed by atoms with Crippen molar-refractivity contribution in [3.05, 3.63) is 140 Å². The predicted octanol–water partition coefficient (Wildman–Crippen LogP) is 8.83. The molecular formula is C38H39N4O6PS. The highest BCUT2D eigenvalue weighted by molar-refractivity contribution is 7.88. The van der Waals surface area contributed by atoms with Crippen LogP contribution >= 0.6 is 8.02 Å². The Hall–Kier alpha value is -5.12. The molecule has 3 aliphatic rings. The highest BCUT2D eigenvalue weighted by Gasteiger charge is 2.57. The van der Waals surface area contributed by atoms with Crippen LogP contribution < -0.4 is 14.5 Å². The van der Waals surface area contributed by atoms with Crippen LogP contribution in [0, 0.1) is 20.2 Å². The summed E-state index contributed by atoms with van der Waals surface area (Å²) < 4.78 is 6.44. The molecule has 10 nitrogen and oxygen atoms in total. The van der Waals surface area contributed by atoms with Gasteiger partial charge in [-0.1, -0.05) is 74.2 Å². The maximum Gasteiger partial charge on any atom is 0.270 e. The average Bonchev–Trinajstić information content (AvgIpc) is 3.40. The zero-order chi connectivity index (χ0) is 36.6. The van der Waals surface area contributed by atoms with Gasteiger partial charge in [0.2, 0.25) is 5.72 Å². The van der Waals surface area contributed by atoms with Crippen molar-refractivity contribution in [2.45, 2.75) is 50.3 Å². The monoisotopic (exact) mass is 710 g/mol. The van der Waals surface area contributed by atoms with Crippen LogP contribution in [-0.4, -0.2) is 40.8 Å². The average molecular weight is 711 g/mol. The summed E-state index contributed by atoms with van der Waals surface area (Å²) in [6.07, 6.45) is 7.70. The molecule has 0 aromatic heterocycles. The molecule has 4 aromatic rings. The van der Waals surface area contributed by atoms with Gasteiger partial charge < -0.3 is 19.6 Å². The lowest BCUT2D eigenvalue weighted by molar-refractivity contribution is -0.385. The minimum Gasteiger partial charge on any atom is -0.507 e. The Bertz CT molecular complexity index is 2010. The molecule has 1 N–H and O–H groups in total. The molecule has 7 rings (SSSR count). The summed E-state index contributed by atoms with van der Waals surface area (Å²) in [7, 11) is 6.62. The van der Waals surface area contributed by atoms with Crippen LogP contribution in [0.1, 0.15) is 49.9 Å². The number of phenols is 1. The first-order chi connectivity index (χ1) is 23.7. The van der Waals surface area contributed by atoms with E-state index in [9.17, 15) is 25.3 Å². The number of nitro groups is 2. The van der Waals surface area contributed by atoms with Gasteiger partial charge in [-0.05, 0) is 69.4 Å². The number of rotatable bonds is 4. The molecule has 0 saturated heterocycles. The minimum atomic E-state index is -0.653. The molecule has 0 saturated carbocycles. The number of hydrogen-bond donors (Lipinski definition) is 1. The molecule has 3 heterocycles. The Morgan fingerprint density at radius 2 is 1.42 bits per heavy atom. The number of nitro benzene ring substituents is 2. The third kappa shape index (κ3) is 6.01. The third-order valence-corrected chi connectivity index (χ3v) is 10.1. The highest BCUT2D eigenvalue weighted by Crippen LogP contribution is 2.54. The summed E-state index contributed by atoms with van der Waals surface area (Å²) in [4.78, 5) is 25.4. The zero-order valence-corrected chi connectivity index (χ0v) is 30.5. The Balaban J connectivity index is 0.000000185. The van der Waals surface area contributed by atoms with Crippen LogP contribution in [0.4, 0.5) is 22.7 Å². The smallest absolute Gasteiger partial charge is 0.270 e. The van der Waals surface area contributed by atoms with Crippen LogP contribution in [0.3, 0.4) is 0 Å². The molecule has 4 aromatic carbocycles. The lowest BCUT2D eigenvalue weighted by atomic mass is 9.76. The summed E-state index contributed by atoms with van der Waals surface area (Å²) in [5.74, 6) is 0.698. The summed E-state index contributed by atoms with van der Waals surface area (Å²) in [6, 6.07) is 25.4. The molecule has 50 heavy (non-hydrogen) atoms. The number of likely N-dealkylation sites (N-methyl/N-ethyl adjacent to an activating group) is 2. The summed E-state index contributed by atoms with van der Waals surface area (Å²) >= 11 is 3.89. The van der Waals surface area contributed by atoms with Crippen molar-refractivity contribution in [3.63, 3.8) is 0 Å². The first-order valence-electron chi connectivity index (χ1n) is 15.9. The van der Waals surface area contributed by atoms with Crippen molar-refractivity contribution in [1.29, 1.82) is 0 Å². The fourth-order valence-electron chi connectivity index (χ4n) is 7.35. The van der Waals surface area contributed by atoms with Crippen molar-refractivity contribution in [3.8, 4) is 11.5 Å². The molecule has 0 bridgehead atoms. The van der Waals surface area contributed by atoms with E-state index in [0.29, 0.717) is 11.3 Å². The zero-order valence-electron chi connectivity index (χ0n) is 28.7. The lowest BCUT2D eigenvalue weighted by Gasteiger charge is -2.45. The second kappa shape index (κ2) is 13.7. The Kier molecular flexibility index (Phi) is 9.87. The van der Waals surface area contributed by atoms with Gasteiger partial charge in [-0.2, -0.15) is 0 Å². The topological polar surface area (TPSA) is 122 Å². The maximum absolute atomic E-state index is 11.0. The van der Waals surface area contributed by atoms with Gasteiger partial charge in [0.25, 0.3) is 11.4 Å². The van der Waals surface area contributed by atoms with Gasteiger partial charge in [-0.25, -0.2) is 0 Å². The first-order valence-corrected chi connectivity index (χ1v) is 17.5. The van der Waals surface area contributed by atoms with Crippen molar-refractivity contribution in [1.82, 2.24) is 0 Å². The molecule has 2 atom stereocenters. The molecule has 3 aliphatic heterocycles. The third-order valence-electron chi connectivity index (χ3n) is 10.1. The van der Waals surface area contributed by atoms with Gasteiger partial charge >= 0.3 is 0 Å². The summed E-state index contributed by atoms with van der Waals surface area (Å²) in [5, 5.41) is 31.9. The van der Waals surface area contributed by atoms with Crippen molar-refractivity contribution in [2.24, 2.45) is 0 Å². The fourth-order valence-corrected chi connectivity index (χ4v) is 7.35. The van der Waals surface area contributed by atoms with Crippen molar-refractivity contribution in [2.75, 3.05) is 23.9 Å². The van der Waals surface area contributed by atoms with Gasteiger partial charge in [0.1, 0.15) is 11.5 Å². The van der Waals surface area contributed by atoms with Crippen LogP contribution in [-0.2, 0) is 22.6 Å². The van der Waals surface area contributed by atoms with E-state index in [1.54, 1.807) is 18.2 Å². The molecule has 0 radical (unpaired) electrons. The predicted molar refractivity (Wildman–Crippen MR) is 204 cm³/mol. The fraction of sp³-hybridized carbons (Fsp3) is 0.263. The van der Waals surface area contributed by atoms with Crippen LogP contribution in [0.25, 0.3) is 12.2 Å². The first kappa shape index (κ1) is 36.2. The van der Waals surface area contributed by atoms with E-state index in [2.05, 4.69) is 81.6 Å². The number of phenolic OH excluding ortho intramolecular Hbond substituents is 1. The Morgan fingerprint density at radius 3 is 2.04 bits per heavy atom. The Labute approximate surface area is 298 Å². The van der Waals surface area contributed by atoms with Crippen molar-refractivity contribution < 1.29 is 19.7 Å². The van der Waals surface area contributed by atoms with Crippen LogP contribution in [0.5, 0.6) is 11.5 Å². The second-order valence-electron chi connectivity index (χ2n) is 13.5. The number of para-hydroxylation sites is 2. The van der Waals surface area contributed by atoms with E-state index >= 15 is 0 Å². The number of fused-ring (bicyclic) bond motifs is 3. The summed E-state index contributed by atoms with van der Waals surface area (Å²) in [6.45, 7) is 8.68. The molecule has 258 valence electrons. The maximum atomic E-state index is 11.0. The number of nitrogens with zero attached hydrogens (tertiary/aromatic N) is 4. The van der Waals surface area contributed by atoms with Gasteiger partial charge in [-0.3, -0.25) is 20.2 Å². The Morgan fingerprint density at radius 1 is 0.840 bits per heavy atom. The van der Waals surface area contributed by atoms with E-state index in [4.69, 9.17) is 4.74 Å². The lowest BCUT2D eigenvalue weighted by Crippen LogP contribution is -2.58. The number of non-ortho nitro benzene ring substituents is 2. The number of benzene rings is 4. The highest BCUT2D eigenvalue weighted by atomic mass is 32.4. The standard InChI is InChI=1S/C19H18N2O3.C19H20N2O3.HPS/c1-18(2)15-6-4-5-7-16(15)20(3)19(18)11-10-13-12-14(21(22)23)8-9-17(13)24-19;1-19(2)15-6-4-5-7-16(15)20(3)18(19)11-8-13-12-14(21(23)24)9-10-17(13)22;1-2/h4-12H,1-3H3;4-12,18,22H,1-3H3;1H/b;11-8+;. The molecule has 0 amide bonds. The molecule has 0 aliphatic carbocycles. The molecule has 12 heteroatoms. The van der Waals surface area contributed by atoms with E-state index in [1.807, 2.05) is 56.6 Å². The van der Waals surface area contributed by atoms with E-state index in [-0.39, 0.29) is 38.9 Å². The van der Waals surface area contributed by atoms with E-state index in [1.165, 1.54) is 41.1 Å². The van der Waals surface area contributed by atoms with E-state index in [0.717, 1.165) is 11.3 Å². The number of aromatic hydroxyl groups is 1. The molecular weight excluding hydrogens is 671 g/mol. The molecule has 0 fully saturated rings. The van der Waals surface area contributed by atoms with Gasteiger partial charge in [-0.15, -0.1) is 0 Å². The molecule has 1 spiro atoms. The van der Waals surface area contributed by atoms with Crippen LogP contribution in [0.15, 0.2) is 97.1 Å². The normalized spacial score (nSPS) is 20.1. The minimum absolute atomic E-state index is 0.0326. The van der Waals surface area contributed by atoms with Gasteiger partial charge in [0, 0.05) is 66.3 Å². The van der Waals surface area contributed by atoms with Crippen LogP contribution in [0.2, 0.25) is 0 Å². The van der Waals surface area contributed by atoms with Gasteiger partial charge in [0.15, 0.2) is 0 Å². The number of ether oxygens (including phenoxy) is 1. The summed E-state index contributed by atoms with van der Waals surface area (Å²) in [5.41, 5.74) is 5.01. The number of hydrogen-bond acceptors (Lipinski definition) is 9. The number of anilines is 2. The second-order valence-corrected chi connectivity index (χ2v) is 13.5. The van der Waals surface area contributed by atoms with Crippen molar-refractivity contribution >= 4 is 54.7 Å². The van der Waals surface area contributed by atoms with E-state index < -0.39 is 10.6 Å². The molecule has 2 unspecified atom stereocenters. The largest absolute Gasteiger partial charge is 0.507 e. The SMILES string of the molecule is CN1c2ccccc2C(C)(C)C1/C=C/c1cc([N+](=O)[O-])ccc1O.CN1c2ccccc2C(C)(C)C12C=Cc1cc([N+](=O)[O-])ccc1O2.P=S. The van der Waals surface area contributed by atoms with Gasteiger partial charge in [0.05, 0.1) is 21.3 Å².